The first-order chi connectivity index (χ1) is 12.2. The zero-order valence-electron chi connectivity index (χ0n) is 14.2. The maximum absolute atomic E-state index is 10.8. The summed E-state index contributed by atoms with van der Waals surface area (Å²) in [5.74, 6) is 0. The number of rotatable bonds is 6. The summed E-state index contributed by atoms with van der Waals surface area (Å²) in [7, 11) is 0. The van der Waals surface area contributed by atoms with Gasteiger partial charge >= 0.3 is 0 Å². The van der Waals surface area contributed by atoms with Gasteiger partial charge in [0.2, 0.25) is 0 Å². The number of carbonyl (C=O) groups excluding carboxylic acids is 1. The summed E-state index contributed by atoms with van der Waals surface area (Å²) in [6, 6.07) is 19.9. The molecule has 3 aromatic rings. The highest BCUT2D eigenvalue weighted by Gasteiger charge is 2.08. The van der Waals surface area contributed by atoms with E-state index >= 15 is 0 Å². The van der Waals surface area contributed by atoms with Crippen LogP contribution in [0.25, 0.3) is 5.57 Å². The first-order valence-corrected chi connectivity index (χ1v) is 8.25. The van der Waals surface area contributed by atoms with Gasteiger partial charge in [0.1, 0.15) is 6.29 Å². The molecule has 0 amide bonds. The second-order valence-corrected chi connectivity index (χ2v) is 5.71. The second-order valence-electron chi connectivity index (χ2n) is 5.71. The lowest BCUT2D eigenvalue weighted by molar-refractivity contribution is 0.112. The van der Waals surface area contributed by atoms with Gasteiger partial charge in [-0.15, -0.1) is 0 Å². The van der Waals surface area contributed by atoms with E-state index in [0.717, 1.165) is 40.9 Å². The molecule has 3 nitrogen and oxygen atoms in total. The Hall–Kier alpha value is -3.20. The Labute approximate surface area is 148 Å². The van der Waals surface area contributed by atoms with Crippen molar-refractivity contribution in [2.24, 2.45) is 0 Å². The van der Waals surface area contributed by atoms with Crippen molar-refractivity contribution in [3.63, 3.8) is 0 Å². The average molecular weight is 328 g/mol. The summed E-state index contributed by atoms with van der Waals surface area (Å²) in [6.07, 6.45) is 4.41. The summed E-state index contributed by atoms with van der Waals surface area (Å²) < 4.78 is 0. The zero-order valence-corrected chi connectivity index (χ0v) is 14.2. The highest BCUT2D eigenvalue weighted by Crippen LogP contribution is 2.28. The first-order valence-electron chi connectivity index (χ1n) is 8.25. The molecule has 3 heteroatoms. The van der Waals surface area contributed by atoms with Crippen molar-refractivity contribution in [1.29, 1.82) is 0 Å². The van der Waals surface area contributed by atoms with E-state index in [0.29, 0.717) is 5.56 Å². The normalized spacial score (nSPS) is 10.3. The number of hydrogen-bond donors (Lipinski definition) is 0. The third-order valence-corrected chi connectivity index (χ3v) is 4.21. The minimum absolute atomic E-state index is 0.684. The molecule has 0 fully saturated rings. The van der Waals surface area contributed by atoms with Crippen LogP contribution in [0.3, 0.4) is 0 Å². The number of hydrogen-bond acceptors (Lipinski definition) is 3. The minimum atomic E-state index is 0.684. The van der Waals surface area contributed by atoms with Gasteiger partial charge in [0, 0.05) is 35.9 Å². The molecule has 1 aromatic heterocycles. The lowest BCUT2D eigenvalue weighted by Crippen LogP contribution is -2.15. The van der Waals surface area contributed by atoms with Crippen molar-refractivity contribution < 1.29 is 4.79 Å². The Bertz CT molecular complexity index is 853. The van der Waals surface area contributed by atoms with Crippen molar-refractivity contribution in [1.82, 2.24) is 4.98 Å². The molecule has 0 aliphatic rings. The predicted octanol–water partition coefficient (Wildman–Crippen LogP) is 5.11. The van der Waals surface area contributed by atoms with E-state index in [-0.39, 0.29) is 0 Å². The van der Waals surface area contributed by atoms with Gasteiger partial charge < -0.3 is 4.90 Å². The minimum Gasteiger partial charge on any atom is -0.342 e. The fourth-order valence-corrected chi connectivity index (χ4v) is 2.81. The molecule has 0 radical (unpaired) electrons. The molecule has 0 bridgehead atoms. The Balaban J connectivity index is 1.84. The van der Waals surface area contributed by atoms with E-state index in [1.165, 1.54) is 0 Å². The predicted molar refractivity (Wildman–Crippen MR) is 103 cm³/mol. The Kier molecular flexibility index (Phi) is 5.05. The zero-order chi connectivity index (χ0) is 17.6. The van der Waals surface area contributed by atoms with Crippen LogP contribution in [-0.2, 0) is 0 Å². The number of nitrogens with zero attached hydrogens (tertiary/aromatic N) is 2. The van der Waals surface area contributed by atoms with Gasteiger partial charge in [-0.2, -0.15) is 0 Å². The van der Waals surface area contributed by atoms with Gasteiger partial charge in [-0.25, -0.2) is 0 Å². The number of carbonyl (C=O) groups is 1. The van der Waals surface area contributed by atoms with Crippen molar-refractivity contribution in [3.8, 4) is 0 Å². The van der Waals surface area contributed by atoms with E-state index in [9.17, 15) is 4.79 Å². The molecular formula is C22H20N2O. The first kappa shape index (κ1) is 16.7. The fourth-order valence-electron chi connectivity index (χ4n) is 2.81. The van der Waals surface area contributed by atoms with E-state index < -0.39 is 0 Å². The number of aromatic nitrogens is 1. The molecule has 0 aliphatic heterocycles. The van der Waals surface area contributed by atoms with Gasteiger partial charge in [0.25, 0.3) is 0 Å². The monoisotopic (exact) mass is 328 g/mol. The Morgan fingerprint density at radius 3 is 1.96 bits per heavy atom. The molecule has 2 aromatic carbocycles. The molecule has 0 saturated carbocycles. The smallest absolute Gasteiger partial charge is 0.150 e. The summed E-state index contributed by atoms with van der Waals surface area (Å²) in [5.41, 5.74) is 5.99. The van der Waals surface area contributed by atoms with E-state index in [2.05, 4.69) is 47.7 Å². The van der Waals surface area contributed by atoms with Gasteiger partial charge in [0.15, 0.2) is 0 Å². The van der Waals surface area contributed by atoms with Crippen molar-refractivity contribution in [2.75, 3.05) is 11.4 Å². The fraction of sp³-hybridized carbons (Fsp3) is 0.0909. The molecule has 3 rings (SSSR count). The van der Waals surface area contributed by atoms with Crippen LogP contribution in [0.15, 0.2) is 79.6 Å². The topological polar surface area (TPSA) is 33.2 Å². The lowest BCUT2D eigenvalue weighted by Gasteiger charge is -2.23. The average Bonchev–Trinajstić information content (AvgIpc) is 2.70. The van der Waals surface area contributed by atoms with Gasteiger partial charge in [-0.3, -0.25) is 9.78 Å². The second kappa shape index (κ2) is 7.58. The van der Waals surface area contributed by atoms with E-state index in [1.54, 1.807) is 12.4 Å². The van der Waals surface area contributed by atoms with Crippen LogP contribution in [-0.4, -0.2) is 17.8 Å². The van der Waals surface area contributed by atoms with Gasteiger partial charge in [0.05, 0.1) is 0 Å². The van der Waals surface area contributed by atoms with Crippen LogP contribution >= 0.6 is 0 Å². The maximum Gasteiger partial charge on any atom is 0.150 e. The molecule has 25 heavy (non-hydrogen) atoms. The molecule has 1 heterocycles. The highest BCUT2D eigenvalue weighted by molar-refractivity contribution is 5.79. The molecule has 124 valence electrons. The molecule has 0 atom stereocenters. The van der Waals surface area contributed by atoms with Crippen LogP contribution < -0.4 is 4.90 Å². The molecule has 0 aliphatic carbocycles. The molecular weight excluding hydrogens is 308 g/mol. The number of benzene rings is 2. The van der Waals surface area contributed by atoms with E-state index in [4.69, 9.17) is 0 Å². The lowest BCUT2D eigenvalue weighted by atomic mass is 10.0. The van der Waals surface area contributed by atoms with Gasteiger partial charge in [-0.05, 0) is 72.2 Å². The summed E-state index contributed by atoms with van der Waals surface area (Å²) in [6.45, 7) is 7.14. The molecule has 0 N–H and O–H groups in total. The number of pyridine rings is 1. The molecule has 0 unspecified atom stereocenters. The summed E-state index contributed by atoms with van der Waals surface area (Å²) in [4.78, 5) is 17.1. The summed E-state index contributed by atoms with van der Waals surface area (Å²) in [5, 5.41) is 0. The van der Waals surface area contributed by atoms with Crippen LogP contribution in [0.5, 0.6) is 0 Å². The maximum atomic E-state index is 10.8. The van der Waals surface area contributed by atoms with Crippen LogP contribution in [0.1, 0.15) is 28.4 Å². The van der Waals surface area contributed by atoms with Crippen molar-refractivity contribution in [2.45, 2.75) is 6.92 Å². The van der Waals surface area contributed by atoms with Crippen LogP contribution in [0.2, 0.25) is 0 Å². The highest BCUT2D eigenvalue weighted by atomic mass is 16.1. The third-order valence-electron chi connectivity index (χ3n) is 4.21. The standard InChI is InChI=1S/C22H20N2O/c1-3-24(21-8-4-18(16-25)5-9-21)22-10-6-19(7-11-22)17(2)20-12-14-23-15-13-20/h4-16H,2-3H2,1H3. The molecule has 0 saturated heterocycles. The van der Waals surface area contributed by atoms with Gasteiger partial charge in [-0.1, -0.05) is 18.7 Å². The largest absolute Gasteiger partial charge is 0.342 e. The Morgan fingerprint density at radius 1 is 0.920 bits per heavy atom. The van der Waals surface area contributed by atoms with Crippen molar-refractivity contribution in [3.05, 3.63) is 96.3 Å². The van der Waals surface area contributed by atoms with Crippen LogP contribution in [0, 0.1) is 0 Å². The number of anilines is 2. The molecule has 0 spiro atoms. The summed E-state index contributed by atoms with van der Waals surface area (Å²) >= 11 is 0. The third kappa shape index (κ3) is 3.66. The van der Waals surface area contributed by atoms with Crippen LogP contribution in [0.4, 0.5) is 11.4 Å². The Morgan fingerprint density at radius 2 is 1.44 bits per heavy atom. The SMILES string of the molecule is C=C(c1ccncc1)c1ccc(N(CC)c2ccc(C=O)cc2)cc1. The quantitative estimate of drug-likeness (QED) is 0.589. The van der Waals surface area contributed by atoms with Crippen molar-refractivity contribution >= 4 is 23.2 Å². The van der Waals surface area contributed by atoms with E-state index in [1.807, 2.05) is 36.4 Å². The number of aldehydes is 1.